The summed E-state index contributed by atoms with van der Waals surface area (Å²) in [7, 11) is 0. The van der Waals surface area contributed by atoms with Gasteiger partial charge < -0.3 is 5.11 Å². The van der Waals surface area contributed by atoms with E-state index in [4.69, 9.17) is 0 Å². The average Bonchev–Trinajstić information content (AvgIpc) is 2.27. The number of carbonyl (C=O) groups excluding carboxylic acids is 1. The van der Waals surface area contributed by atoms with Gasteiger partial charge in [0.15, 0.2) is 5.78 Å². The van der Waals surface area contributed by atoms with Crippen LogP contribution in [0.25, 0.3) is 0 Å². The fraction of sp³-hybridized carbons (Fsp3) is 0.643. The first kappa shape index (κ1) is 10.3. The molecule has 2 bridgehead atoms. The third-order valence-electron chi connectivity index (χ3n) is 4.96. The summed E-state index contributed by atoms with van der Waals surface area (Å²) in [5.74, 6) is 1.07. The first-order valence-corrected chi connectivity index (χ1v) is 6.14. The zero-order valence-corrected chi connectivity index (χ0v) is 9.81. The Bertz CT molecular complexity index is 407. The molecular weight excluding hydrogens is 200 g/mol. The van der Waals surface area contributed by atoms with Crippen molar-refractivity contribution in [3.63, 3.8) is 0 Å². The largest absolute Gasteiger partial charge is 0.389 e. The summed E-state index contributed by atoms with van der Waals surface area (Å²) < 4.78 is 0. The van der Waals surface area contributed by atoms with Crippen LogP contribution >= 0.6 is 0 Å². The summed E-state index contributed by atoms with van der Waals surface area (Å²) in [4.78, 5) is 12.4. The zero-order chi connectivity index (χ0) is 11.5. The Hall–Kier alpha value is -0.890. The fourth-order valence-electron chi connectivity index (χ4n) is 4.12. The summed E-state index contributed by atoms with van der Waals surface area (Å²) >= 11 is 0. The monoisotopic (exact) mass is 218 g/mol. The van der Waals surface area contributed by atoms with Gasteiger partial charge in [-0.25, -0.2) is 0 Å². The van der Waals surface area contributed by atoms with Gasteiger partial charge >= 0.3 is 0 Å². The number of ketones is 1. The normalized spacial score (nSPS) is 50.2. The van der Waals surface area contributed by atoms with E-state index in [0.29, 0.717) is 11.8 Å². The fourth-order valence-corrected chi connectivity index (χ4v) is 4.12. The average molecular weight is 218 g/mol. The van der Waals surface area contributed by atoms with E-state index in [0.717, 1.165) is 18.4 Å². The molecule has 1 saturated carbocycles. The van der Waals surface area contributed by atoms with Gasteiger partial charge in [0.05, 0.1) is 6.10 Å². The number of aliphatic hydroxyl groups is 1. The van der Waals surface area contributed by atoms with Crippen molar-refractivity contribution in [1.82, 2.24) is 0 Å². The van der Waals surface area contributed by atoms with Gasteiger partial charge in [-0.3, -0.25) is 4.79 Å². The molecule has 1 N–H and O–H groups in total. The summed E-state index contributed by atoms with van der Waals surface area (Å²) in [6, 6.07) is 0. The number of allylic oxidation sites excluding steroid dienone is 3. The van der Waals surface area contributed by atoms with Crippen LogP contribution in [0.15, 0.2) is 23.8 Å². The highest BCUT2D eigenvalue weighted by atomic mass is 16.3. The Kier molecular flexibility index (Phi) is 1.97. The number of aliphatic hydroxyl groups excluding tert-OH is 1. The Balaban J connectivity index is 2.15. The van der Waals surface area contributed by atoms with Crippen molar-refractivity contribution in [3.8, 4) is 0 Å². The van der Waals surface area contributed by atoms with Crippen LogP contribution < -0.4 is 0 Å². The second-order valence-corrected chi connectivity index (χ2v) is 5.71. The molecule has 0 aliphatic heterocycles. The van der Waals surface area contributed by atoms with Crippen molar-refractivity contribution < 1.29 is 9.90 Å². The minimum Gasteiger partial charge on any atom is -0.389 e. The number of Topliss-reactive ketones (excluding diaryl/α,β-unsaturated/α-hetero) is 1. The molecule has 0 aromatic carbocycles. The summed E-state index contributed by atoms with van der Waals surface area (Å²) in [5, 5.41) is 10.2. The van der Waals surface area contributed by atoms with Crippen molar-refractivity contribution in [2.24, 2.45) is 23.2 Å². The van der Waals surface area contributed by atoms with E-state index in [1.54, 1.807) is 6.08 Å². The van der Waals surface area contributed by atoms with Gasteiger partial charge in [-0.05, 0) is 43.3 Å². The van der Waals surface area contributed by atoms with E-state index in [1.807, 2.05) is 6.92 Å². The number of carbonyl (C=O) groups is 1. The number of rotatable bonds is 0. The highest BCUT2D eigenvalue weighted by Crippen LogP contribution is 2.57. The lowest BCUT2D eigenvalue weighted by atomic mass is 9.48. The van der Waals surface area contributed by atoms with Crippen molar-refractivity contribution >= 4 is 5.78 Å². The Morgan fingerprint density at radius 3 is 2.75 bits per heavy atom. The quantitative estimate of drug-likeness (QED) is 0.632. The van der Waals surface area contributed by atoms with E-state index in [-0.39, 0.29) is 17.1 Å². The zero-order valence-electron chi connectivity index (χ0n) is 9.81. The lowest BCUT2D eigenvalue weighted by molar-refractivity contribution is -0.141. The molecule has 4 aliphatic rings. The molecule has 0 heterocycles. The maximum Gasteiger partial charge on any atom is 0.165 e. The molecule has 1 fully saturated rings. The smallest absolute Gasteiger partial charge is 0.165 e. The predicted octanol–water partition coefficient (Wildman–Crippen LogP) is 2.09. The molecule has 2 nitrogen and oxygen atoms in total. The van der Waals surface area contributed by atoms with E-state index in [1.165, 1.54) is 0 Å². The van der Waals surface area contributed by atoms with E-state index in [9.17, 15) is 9.90 Å². The van der Waals surface area contributed by atoms with Crippen LogP contribution in [0, 0.1) is 23.2 Å². The Morgan fingerprint density at radius 2 is 2.12 bits per heavy atom. The van der Waals surface area contributed by atoms with Crippen LogP contribution in [-0.4, -0.2) is 17.0 Å². The SMILES string of the molecule is CC1=C[C@H](O)[C@@H]2[C@@H]3C=C[C@@H](CC3)[C@]2(C)C1=O. The minimum atomic E-state index is -0.444. The number of hydrogen-bond donors (Lipinski definition) is 1. The molecular formula is C14H18O2. The second-order valence-electron chi connectivity index (χ2n) is 5.71. The molecule has 4 rings (SSSR count). The van der Waals surface area contributed by atoms with Crippen LogP contribution in [0.1, 0.15) is 26.7 Å². The van der Waals surface area contributed by atoms with Crippen molar-refractivity contribution in [2.75, 3.05) is 0 Å². The highest BCUT2D eigenvalue weighted by molar-refractivity contribution is 6.01. The first-order chi connectivity index (χ1) is 7.55. The van der Waals surface area contributed by atoms with Gasteiger partial charge in [0.2, 0.25) is 0 Å². The van der Waals surface area contributed by atoms with Crippen molar-refractivity contribution in [2.45, 2.75) is 32.8 Å². The summed E-state index contributed by atoms with van der Waals surface area (Å²) in [6.07, 6.45) is 7.95. The topological polar surface area (TPSA) is 37.3 Å². The molecule has 0 aromatic heterocycles. The van der Waals surface area contributed by atoms with E-state index < -0.39 is 6.10 Å². The lowest BCUT2D eigenvalue weighted by Crippen LogP contribution is -2.56. The Labute approximate surface area is 96.0 Å². The molecule has 0 saturated heterocycles. The van der Waals surface area contributed by atoms with E-state index in [2.05, 4.69) is 19.1 Å². The van der Waals surface area contributed by atoms with Gasteiger partial charge in [-0.15, -0.1) is 0 Å². The molecule has 0 spiro atoms. The highest BCUT2D eigenvalue weighted by Gasteiger charge is 2.57. The van der Waals surface area contributed by atoms with Crippen LogP contribution in [0.4, 0.5) is 0 Å². The minimum absolute atomic E-state index is 0.104. The maximum atomic E-state index is 12.4. The lowest BCUT2D eigenvalue weighted by Gasteiger charge is -2.54. The van der Waals surface area contributed by atoms with Gasteiger partial charge in [-0.2, -0.15) is 0 Å². The summed E-state index contributed by atoms with van der Waals surface area (Å²) in [6.45, 7) is 3.89. The Morgan fingerprint density at radius 1 is 1.38 bits per heavy atom. The van der Waals surface area contributed by atoms with Crippen LogP contribution in [0.2, 0.25) is 0 Å². The third-order valence-corrected chi connectivity index (χ3v) is 4.96. The number of hydrogen-bond acceptors (Lipinski definition) is 2. The molecule has 0 unspecified atom stereocenters. The van der Waals surface area contributed by atoms with Gasteiger partial charge in [0.25, 0.3) is 0 Å². The molecule has 0 amide bonds. The first-order valence-electron chi connectivity index (χ1n) is 6.14. The standard InChI is InChI=1S/C14H18O2/c1-8-7-11(15)12-9-3-5-10(6-4-9)14(12,2)13(8)16/h3,5,7,9-12,15H,4,6H2,1-2H3/t9-,10+,11+,12+,14+/m1/s1. The maximum absolute atomic E-state index is 12.4. The molecule has 2 heteroatoms. The molecule has 0 aromatic rings. The van der Waals surface area contributed by atoms with Gasteiger partial charge in [0, 0.05) is 11.3 Å². The molecule has 16 heavy (non-hydrogen) atoms. The molecule has 86 valence electrons. The molecule has 5 atom stereocenters. The molecule has 4 aliphatic carbocycles. The van der Waals surface area contributed by atoms with Crippen molar-refractivity contribution in [3.05, 3.63) is 23.8 Å². The van der Waals surface area contributed by atoms with Crippen LogP contribution in [0.5, 0.6) is 0 Å². The van der Waals surface area contributed by atoms with Crippen molar-refractivity contribution in [1.29, 1.82) is 0 Å². The van der Waals surface area contributed by atoms with Crippen LogP contribution in [-0.2, 0) is 4.79 Å². The second kappa shape index (κ2) is 3.07. The predicted molar refractivity (Wildman–Crippen MR) is 61.7 cm³/mol. The van der Waals surface area contributed by atoms with E-state index >= 15 is 0 Å². The third kappa shape index (κ3) is 1.03. The van der Waals surface area contributed by atoms with Gasteiger partial charge in [0.1, 0.15) is 0 Å². The summed E-state index contributed by atoms with van der Waals surface area (Å²) in [5.41, 5.74) is 0.392. The molecule has 0 radical (unpaired) electrons. The number of fused-ring (bicyclic) bond motifs is 1. The van der Waals surface area contributed by atoms with Gasteiger partial charge in [-0.1, -0.05) is 19.1 Å². The van der Waals surface area contributed by atoms with Crippen LogP contribution in [0.3, 0.4) is 0 Å².